The van der Waals surface area contributed by atoms with Crippen LogP contribution in [0, 0.1) is 5.82 Å². The van der Waals surface area contributed by atoms with Crippen LogP contribution in [0.15, 0.2) is 18.2 Å². The van der Waals surface area contributed by atoms with Gasteiger partial charge in [-0.2, -0.15) is 0 Å². The summed E-state index contributed by atoms with van der Waals surface area (Å²) in [7, 11) is 1.45. The summed E-state index contributed by atoms with van der Waals surface area (Å²) in [6.07, 6.45) is 1.84. The van der Waals surface area contributed by atoms with Crippen LogP contribution < -0.4 is 4.74 Å². The second-order valence-electron chi connectivity index (χ2n) is 4.16. The molecule has 2 aromatic rings. The van der Waals surface area contributed by atoms with Crippen molar-refractivity contribution in [2.75, 3.05) is 7.11 Å². The summed E-state index contributed by atoms with van der Waals surface area (Å²) in [5.41, 5.74) is 2.59. The van der Waals surface area contributed by atoms with Crippen molar-refractivity contribution in [2.24, 2.45) is 0 Å². The van der Waals surface area contributed by atoms with Crippen molar-refractivity contribution in [1.29, 1.82) is 0 Å². The normalized spacial score (nSPS) is 9.80. The zero-order valence-electron chi connectivity index (χ0n) is 10.9. The fourth-order valence-electron chi connectivity index (χ4n) is 1.98. The third-order valence-electron chi connectivity index (χ3n) is 2.89. The molecule has 0 unspecified atom stereocenters. The van der Waals surface area contributed by atoms with Gasteiger partial charge >= 0.3 is 0 Å². The van der Waals surface area contributed by atoms with E-state index in [0.29, 0.717) is 11.4 Å². The number of aryl methyl sites for hydroxylation is 1. The van der Waals surface area contributed by atoms with Gasteiger partial charge in [0.1, 0.15) is 0 Å². The number of aromatic nitrogens is 1. The second kappa shape index (κ2) is 8.28. The van der Waals surface area contributed by atoms with E-state index >= 15 is 0 Å². The van der Waals surface area contributed by atoms with Crippen LogP contribution in [-0.2, 0) is 12.3 Å². The summed E-state index contributed by atoms with van der Waals surface area (Å²) in [6, 6.07) is 5.02. The SMILES string of the molecule is C.CCCc1nc2cc(F)c(OC)cc2cc1CCl.Cl. The first-order valence-corrected chi connectivity index (χ1v) is 6.45. The highest BCUT2D eigenvalue weighted by atomic mass is 35.5. The lowest BCUT2D eigenvalue weighted by atomic mass is 10.1. The van der Waals surface area contributed by atoms with E-state index in [1.165, 1.54) is 13.2 Å². The maximum Gasteiger partial charge on any atom is 0.167 e. The van der Waals surface area contributed by atoms with E-state index in [1.54, 1.807) is 6.07 Å². The van der Waals surface area contributed by atoms with Crippen molar-refractivity contribution in [3.8, 4) is 5.75 Å². The Kier molecular flexibility index (Phi) is 7.84. The van der Waals surface area contributed by atoms with E-state index in [4.69, 9.17) is 16.3 Å². The van der Waals surface area contributed by atoms with Crippen LogP contribution >= 0.6 is 24.0 Å². The number of rotatable bonds is 4. The van der Waals surface area contributed by atoms with Gasteiger partial charge in [0.25, 0.3) is 0 Å². The Morgan fingerprint density at radius 1 is 1.30 bits per heavy atom. The molecule has 112 valence electrons. The summed E-state index contributed by atoms with van der Waals surface area (Å²) < 4.78 is 18.6. The van der Waals surface area contributed by atoms with E-state index in [0.717, 1.165) is 29.5 Å². The third-order valence-corrected chi connectivity index (χ3v) is 3.18. The number of benzene rings is 1. The van der Waals surface area contributed by atoms with E-state index < -0.39 is 5.82 Å². The number of fused-ring (bicyclic) bond motifs is 1. The summed E-state index contributed by atoms with van der Waals surface area (Å²) >= 11 is 5.93. The molecule has 0 spiro atoms. The molecule has 2 rings (SSSR count). The van der Waals surface area contributed by atoms with Gasteiger partial charge in [-0.1, -0.05) is 20.8 Å². The Hall–Kier alpha value is -1.06. The van der Waals surface area contributed by atoms with Crippen molar-refractivity contribution >= 4 is 34.9 Å². The predicted octanol–water partition coefficient (Wildman–Crippen LogP) is 5.13. The fraction of sp³-hybridized carbons (Fsp3) is 0.400. The minimum Gasteiger partial charge on any atom is -0.494 e. The molecule has 20 heavy (non-hydrogen) atoms. The van der Waals surface area contributed by atoms with Gasteiger partial charge in [-0.25, -0.2) is 4.39 Å². The highest BCUT2D eigenvalue weighted by Gasteiger charge is 2.10. The minimum atomic E-state index is -0.390. The van der Waals surface area contributed by atoms with Crippen molar-refractivity contribution in [1.82, 2.24) is 4.98 Å². The minimum absolute atomic E-state index is 0. The van der Waals surface area contributed by atoms with Crippen molar-refractivity contribution < 1.29 is 9.13 Å². The van der Waals surface area contributed by atoms with Crippen LogP contribution in [0.1, 0.15) is 32.0 Å². The Morgan fingerprint density at radius 2 is 2.00 bits per heavy atom. The Balaban J connectivity index is 0.00000180. The summed E-state index contributed by atoms with van der Waals surface area (Å²) in [6.45, 7) is 2.08. The molecule has 0 fully saturated rings. The van der Waals surface area contributed by atoms with Gasteiger partial charge in [0, 0.05) is 23.0 Å². The molecule has 1 aromatic carbocycles. The molecule has 0 aliphatic heterocycles. The predicted molar refractivity (Wildman–Crippen MR) is 85.8 cm³/mol. The van der Waals surface area contributed by atoms with E-state index in [9.17, 15) is 4.39 Å². The molecule has 0 bridgehead atoms. The lowest BCUT2D eigenvalue weighted by molar-refractivity contribution is 0.387. The molecule has 0 N–H and O–H groups in total. The van der Waals surface area contributed by atoms with Gasteiger partial charge in [0.05, 0.1) is 12.6 Å². The number of hydrogen-bond donors (Lipinski definition) is 0. The highest BCUT2D eigenvalue weighted by Crippen LogP contribution is 2.26. The fourth-order valence-corrected chi connectivity index (χ4v) is 2.22. The zero-order valence-corrected chi connectivity index (χ0v) is 12.4. The first-order chi connectivity index (χ1) is 8.69. The Labute approximate surface area is 130 Å². The molecule has 0 saturated carbocycles. The lowest BCUT2D eigenvalue weighted by Gasteiger charge is -2.09. The van der Waals surface area contributed by atoms with E-state index in [1.807, 2.05) is 6.07 Å². The maximum atomic E-state index is 13.6. The molecule has 0 saturated heterocycles. The third kappa shape index (κ3) is 3.74. The molecule has 0 radical (unpaired) electrons. The topological polar surface area (TPSA) is 22.1 Å². The van der Waals surface area contributed by atoms with Gasteiger partial charge in [-0.15, -0.1) is 24.0 Å². The van der Waals surface area contributed by atoms with Gasteiger partial charge in [0.2, 0.25) is 0 Å². The summed E-state index contributed by atoms with van der Waals surface area (Å²) in [5.74, 6) is 0.254. The summed E-state index contributed by atoms with van der Waals surface area (Å²) in [5, 5.41) is 0.851. The standard InChI is InChI=1S/C14H15ClFNO.CH4.ClH/c1-3-4-12-10(8-15)5-9-6-14(18-2)11(16)7-13(9)17-12;;/h5-7H,3-4,8H2,1-2H3;1H4;1H. The van der Waals surface area contributed by atoms with Crippen LogP contribution in [0.4, 0.5) is 4.39 Å². The lowest BCUT2D eigenvalue weighted by Crippen LogP contribution is -1.98. The van der Waals surface area contributed by atoms with Crippen LogP contribution in [0.3, 0.4) is 0 Å². The second-order valence-corrected chi connectivity index (χ2v) is 4.42. The molecule has 1 heterocycles. The van der Waals surface area contributed by atoms with Crippen LogP contribution in [0.2, 0.25) is 0 Å². The number of alkyl halides is 1. The number of ether oxygens (including phenoxy) is 1. The molecule has 5 heteroatoms. The molecular weight excluding hydrogens is 300 g/mol. The van der Waals surface area contributed by atoms with Crippen molar-refractivity contribution in [2.45, 2.75) is 33.1 Å². The number of methoxy groups -OCH3 is 1. The van der Waals surface area contributed by atoms with Gasteiger partial charge in [-0.3, -0.25) is 4.98 Å². The maximum absolute atomic E-state index is 13.6. The summed E-state index contributed by atoms with van der Waals surface area (Å²) in [4.78, 5) is 4.49. The monoisotopic (exact) mass is 319 g/mol. The number of pyridine rings is 1. The molecular formula is C15H20Cl2FNO. The van der Waals surface area contributed by atoms with Crippen LogP contribution in [0.5, 0.6) is 5.75 Å². The molecule has 0 aliphatic rings. The van der Waals surface area contributed by atoms with E-state index in [2.05, 4.69) is 11.9 Å². The van der Waals surface area contributed by atoms with Crippen LogP contribution in [-0.4, -0.2) is 12.1 Å². The molecule has 0 aliphatic carbocycles. The molecule has 0 atom stereocenters. The molecule has 0 amide bonds. The molecule has 1 aromatic heterocycles. The Bertz CT molecular complexity index is 575. The van der Waals surface area contributed by atoms with Gasteiger partial charge < -0.3 is 4.74 Å². The van der Waals surface area contributed by atoms with Gasteiger partial charge in [-0.05, 0) is 24.1 Å². The Morgan fingerprint density at radius 3 is 2.55 bits per heavy atom. The highest BCUT2D eigenvalue weighted by molar-refractivity contribution is 6.17. The largest absolute Gasteiger partial charge is 0.494 e. The van der Waals surface area contributed by atoms with Crippen LogP contribution in [0.25, 0.3) is 10.9 Å². The number of nitrogens with zero attached hydrogens (tertiary/aromatic N) is 1. The molecule has 2 nitrogen and oxygen atoms in total. The quantitative estimate of drug-likeness (QED) is 0.728. The van der Waals surface area contributed by atoms with E-state index in [-0.39, 0.29) is 25.6 Å². The van der Waals surface area contributed by atoms with Crippen molar-refractivity contribution in [3.63, 3.8) is 0 Å². The first-order valence-electron chi connectivity index (χ1n) is 5.91. The zero-order chi connectivity index (χ0) is 13.1. The number of hydrogen-bond acceptors (Lipinski definition) is 2. The smallest absolute Gasteiger partial charge is 0.167 e. The van der Waals surface area contributed by atoms with Gasteiger partial charge in [0.15, 0.2) is 11.6 Å². The average molecular weight is 320 g/mol. The number of halogens is 3. The first kappa shape index (κ1) is 18.9. The van der Waals surface area contributed by atoms with Crippen molar-refractivity contribution in [3.05, 3.63) is 35.3 Å². The average Bonchev–Trinajstić information content (AvgIpc) is 2.37.